The van der Waals surface area contributed by atoms with Gasteiger partial charge in [0.1, 0.15) is 0 Å². The smallest absolute Gasteiger partial charge is 0.224 e. The molecule has 0 radical (unpaired) electrons. The van der Waals surface area contributed by atoms with Crippen LogP contribution >= 0.6 is 0 Å². The van der Waals surface area contributed by atoms with E-state index in [2.05, 4.69) is 11.9 Å². The largest absolute Gasteiger partial charge is 0.394 e. The van der Waals surface area contributed by atoms with Crippen LogP contribution in [0.5, 0.6) is 0 Å². The summed E-state index contributed by atoms with van der Waals surface area (Å²) in [7, 11) is 0. The average Bonchev–Trinajstić information content (AvgIpc) is 2.92. The topological polar surface area (TPSA) is 89.9 Å². The molecule has 1 rings (SSSR count). The van der Waals surface area contributed by atoms with Gasteiger partial charge in [-0.15, -0.1) is 6.58 Å². The summed E-state index contributed by atoms with van der Waals surface area (Å²) in [5, 5.41) is 21.1. The maximum absolute atomic E-state index is 12.3. The zero-order valence-corrected chi connectivity index (χ0v) is 12.6. The van der Waals surface area contributed by atoms with Crippen LogP contribution in [0.3, 0.4) is 0 Å². The van der Waals surface area contributed by atoms with Crippen molar-refractivity contribution in [1.82, 2.24) is 10.2 Å². The van der Waals surface area contributed by atoms with Crippen LogP contribution in [0.2, 0.25) is 0 Å². The Balaban J connectivity index is 2.58. The lowest BCUT2D eigenvalue weighted by molar-refractivity contribution is -0.137. The molecule has 6 nitrogen and oxygen atoms in total. The number of rotatable bonds is 8. The molecule has 0 saturated carbocycles. The fourth-order valence-electron chi connectivity index (χ4n) is 2.56. The lowest BCUT2D eigenvalue weighted by atomic mass is 9.99. The molecular weight excluding hydrogens is 272 g/mol. The number of likely N-dealkylation sites (tertiary alicyclic amines) is 1. The molecule has 0 aromatic rings. The first-order valence-electron chi connectivity index (χ1n) is 7.46. The Hall–Kier alpha value is -1.40. The first-order chi connectivity index (χ1) is 9.99. The van der Waals surface area contributed by atoms with E-state index < -0.39 is 12.0 Å². The van der Waals surface area contributed by atoms with E-state index in [9.17, 15) is 19.8 Å². The summed E-state index contributed by atoms with van der Waals surface area (Å²) in [5.74, 6) is -0.830. The van der Waals surface area contributed by atoms with E-state index in [0.717, 1.165) is 12.8 Å². The summed E-state index contributed by atoms with van der Waals surface area (Å²) < 4.78 is 0. The van der Waals surface area contributed by atoms with Gasteiger partial charge in [-0.2, -0.15) is 0 Å². The van der Waals surface area contributed by atoms with Crippen LogP contribution in [0.1, 0.15) is 32.6 Å². The van der Waals surface area contributed by atoms with Gasteiger partial charge in [-0.25, -0.2) is 0 Å². The number of allylic oxidation sites excluding steroid dienone is 1. The van der Waals surface area contributed by atoms with E-state index in [4.69, 9.17) is 0 Å². The molecule has 0 aromatic carbocycles. The number of hydrogen-bond acceptors (Lipinski definition) is 4. The Bertz CT molecular complexity index is 371. The standard InChI is InChI=1S/C15H26N2O4/c1-3-5-12(15(21)16-9-11(2)19)8-14(20)17-7-4-6-13(17)10-18/h3,11-13,18-19H,1,4-10H2,2H3,(H,16,21). The molecule has 21 heavy (non-hydrogen) atoms. The van der Waals surface area contributed by atoms with Gasteiger partial charge in [0.05, 0.1) is 24.7 Å². The van der Waals surface area contributed by atoms with Crippen molar-refractivity contribution in [2.75, 3.05) is 19.7 Å². The number of carbonyl (C=O) groups excluding carboxylic acids is 2. The summed E-state index contributed by atoms with van der Waals surface area (Å²) in [6, 6.07) is -0.123. The minimum absolute atomic E-state index is 0.0356. The van der Waals surface area contributed by atoms with Gasteiger partial charge in [0.25, 0.3) is 0 Å². The number of aliphatic hydroxyl groups is 2. The van der Waals surface area contributed by atoms with Gasteiger partial charge in [0.2, 0.25) is 11.8 Å². The monoisotopic (exact) mass is 298 g/mol. The molecule has 6 heteroatoms. The van der Waals surface area contributed by atoms with Crippen LogP contribution in [0.4, 0.5) is 0 Å². The minimum atomic E-state index is -0.619. The molecule has 0 bridgehead atoms. The van der Waals surface area contributed by atoms with Crippen LogP contribution in [-0.2, 0) is 9.59 Å². The Morgan fingerprint density at radius 2 is 2.24 bits per heavy atom. The maximum atomic E-state index is 12.3. The second kappa shape index (κ2) is 8.79. The van der Waals surface area contributed by atoms with E-state index >= 15 is 0 Å². The van der Waals surface area contributed by atoms with Gasteiger partial charge < -0.3 is 20.4 Å². The Kier molecular flexibility index (Phi) is 7.39. The molecule has 1 aliphatic rings. The van der Waals surface area contributed by atoms with Crippen molar-refractivity contribution < 1.29 is 19.8 Å². The van der Waals surface area contributed by atoms with Crippen molar-refractivity contribution >= 4 is 11.8 Å². The first-order valence-corrected chi connectivity index (χ1v) is 7.46. The normalized spacial score (nSPS) is 20.9. The number of amides is 2. The van der Waals surface area contributed by atoms with Gasteiger partial charge in [0, 0.05) is 19.5 Å². The van der Waals surface area contributed by atoms with E-state index in [1.165, 1.54) is 0 Å². The molecule has 0 spiro atoms. The van der Waals surface area contributed by atoms with E-state index in [0.29, 0.717) is 13.0 Å². The third-order valence-electron chi connectivity index (χ3n) is 3.72. The quantitative estimate of drug-likeness (QED) is 0.552. The second-order valence-corrected chi connectivity index (χ2v) is 5.59. The third kappa shape index (κ3) is 5.47. The van der Waals surface area contributed by atoms with Crippen LogP contribution < -0.4 is 5.32 Å². The summed E-state index contributed by atoms with van der Waals surface area (Å²) in [6.07, 6.45) is 3.21. The SMILES string of the molecule is C=CCC(CC(=O)N1CCCC1CO)C(=O)NCC(C)O. The van der Waals surface area contributed by atoms with Gasteiger partial charge in [-0.05, 0) is 26.2 Å². The molecule has 1 saturated heterocycles. The van der Waals surface area contributed by atoms with Crippen molar-refractivity contribution in [1.29, 1.82) is 0 Å². The molecule has 120 valence electrons. The number of hydrogen-bond donors (Lipinski definition) is 3. The number of aliphatic hydroxyl groups excluding tert-OH is 2. The van der Waals surface area contributed by atoms with E-state index in [1.807, 2.05) is 0 Å². The first kappa shape index (κ1) is 17.7. The van der Waals surface area contributed by atoms with Gasteiger partial charge >= 0.3 is 0 Å². The van der Waals surface area contributed by atoms with Crippen molar-refractivity contribution in [3.8, 4) is 0 Å². The molecule has 3 unspecified atom stereocenters. The Morgan fingerprint density at radius 3 is 2.81 bits per heavy atom. The summed E-state index contributed by atoms with van der Waals surface area (Å²) in [4.78, 5) is 26.0. The predicted octanol–water partition coefficient (Wildman–Crippen LogP) is 0.0491. The number of carbonyl (C=O) groups is 2. The highest BCUT2D eigenvalue weighted by Gasteiger charge is 2.30. The Labute approximate surface area is 125 Å². The van der Waals surface area contributed by atoms with Crippen LogP contribution in [0, 0.1) is 5.92 Å². The Morgan fingerprint density at radius 1 is 1.52 bits per heavy atom. The zero-order chi connectivity index (χ0) is 15.8. The molecule has 1 fully saturated rings. The van der Waals surface area contributed by atoms with E-state index in [1.54, 1.807) is 17.9 Å². The van der Waals surface area contributed by atoms with Crippen LogP contribution in [0.15, 0.2) is 12.7 Å². The highest BCUT2D eigenvalue weighted by atomic mass is 16.3. The predicted molar refractivity (Wildman–Crippen MR) is 79.4 cm³/mol. The average molecular weight is 298 g/mol. The van der Waals surface area contributed by atoms with Crippen molar-refractivity contribution in [2.24, 2.45) is 5.92 Å². The van der Waals surface area contributed by atoms with E-state index in [-0.39, 0.29) is 37.4 Å². The lowest BCUT2D eigenvalue weighted by Gasteiger charge is -2.25. The second-order valence-electron chi connectivity index (χ2n) is 5.59. The molecular formula is C15H26N2O4. The molecule has 1 aliphatic heterocycles. The molecule has 0 aromatic heterocycles. The fourth-order valence-corrected chi connectivity index (χ4v) is 2.56. The zero-order valence-electron chi connectivity index (χ0n) is 12.6. The van der Waals surface area contributed by atoms with Crippen molar-refractivity contribution in [3.63, 3.8) is 0 Å². The fraction of sp³-hybridized carbons (Fsp3) is 0.733. The number of nitrogens with zero attached hydrogens (tertiary/aromatic N) is 1. The van der Waals surface area contributed by atoms with Crippen molar-refractivity contribution in [3.05, 3.63) is 12.7 Å². The van der Waals surface area contributed by atoms with Crippen LogP contribution in [0.25, 0.3) is 0 Å². The summed E-state index contributed by atoms with van der Waals surface area (Å²) in [5.41, 5.74) is 0. The molecule has 1 heterocycles. The minimum Gasteiger partial charge on any atom is -0.394 e. The van der Waals surface area contributed by atoms with Gasteiger partial charge in [-0.1, -0.05) is 6.08 Å². The molecule has 3 atom stereocenters. The molecule has 0 aliphatic carbocycles. The molecule has 3 N–H and O–H groups in total. The summed E-state index contributed by atoms with van der Waals surface area (Å²) >= 11 is 0. The highest BCUT2D eigenvalue weighted by Crippen LogP contribution is 2.20. The lowest BCUT2D eigenvalue weighted by Crippen LogP contribution is -2.41. The van der Waals surface area contributed by atoms with Crippen LogP contribution in [-0.4, -0.2) is 58.8 Å². The summed E-state index contributed by atoms with van der Waals surface area (Å²) in [6.45, 7) is 5.98. The van der Waals surface area contributed by atoms with Gasteiger partial charge in [0.15, 0.2) is 0 Å². The molecule has 2 amide bonds. The maximum Gasteiger partial charge on any atom is 0.224 e. The highest BCUT2D eigenvalue weighted by molar-refractivity contribution is 5.86. The number of nitrogens with one attached hydrogen (secondary N) is 1. The van der Waals surface area contributed by atoms with Gasteiger partial charge in [-0.3, -0.25) is 9.59 Å². The van der Waals surface area contributed by atoms with Crippen molar-refractivity contribution in [2.45, 2.75) is 44.8 Å². The third-order valence-corrected chi connectivity index (χ3v) is 3.72.